The van der Waals surface area contributed by atoms with Crippen molar-refractivity contribution in [2.45, 2.75) is 32.8 Å². The Kier molecular flexibility index (Phi) is 1.88. The minimum Gasteiger partial charge on any atom is -0.480 e. The van der Waals surface area contributed by atoms with Crippen LogP contribution in [-0.2, 0) is 11.2 Å². The van der Waals surface area contributed by atoms with Gasteiger partial charge in [0.25, 0.3) is 0 Å². The molecular weight excluding hydrogens is 176 g/mol. The Morgan fingerprint density at radius 2 is 2.07 bits per heavy atom. The van der Waals surface area contributed by atoms with Gasteiger partial charge < -0.3 is 4.74 Å². The molecule has 1 aliphatic heterocycles. The van der Waals surface area contributed by atoms with Crippen molar-refractivity contribution in [3.05, 3.63) is 29.3 Å². The molecule has 1 aromatic rings. The van der Waals surface area contributed by atoms with Crippen LogP contribution in [0.15, 0.2) is 18.2 Å². The highest BCUT2D eigenvalue weighted by molar-refractivity contribution is 5.90. The number of rotatable bonds is 0. The highest BCUT2D eigenvalue weighted by Crippen LogP contribution is 2.31. The molecule has 1 aliphatic rings. The molecule has 1 heterocycles. The number of carbonyl (C=O) groups is 1. The van der Waals surface area contributed by atoms with Crippen LogP contribution in [0.5, 0.6) is 5.75 Å². The molecule has 1 aromatic carbocycles. The second kappa shape index (κ2) is 2.84. The predicted octanol–water partition coefficient (Wildman–Crippen LogP) is 2.28. The standard InChI is InChI=1S/C12H14O2/c1-8-4-5-9-7-11(13)12(2,3)14-10(9)6-8/h4-6H,7H2,1-3H3. The van der Waals surface area contributed by atoms with Crippen LogP contribution in [0.3, 0.4) is 0 Å². The number of fused-ring (bicyclic) bond motifs is 1. The summed E-state index contributed by atoms with van der Waals surface area (Å²) in [6.07, 6.45) is 0.489. The average Bonchev–Trinajstić information content (AvgIpc) is 2.07. The van der Waals surface area contributed by atoms with Crippen LogP contribution < -0.4 is 4.74 Å². The van der Waals surface area contributed by atoms with Crippen molar-refractivity contribution in [1.82, 2.24) is 0 Å². The fraction of sp³-hybridized carbons (Fsp3) is 0.417. The second-order valence-electron chi connectivity index (χ2n) is 4.32. The molecule has 74 valence electrons. The zero-order chi connectivity index (χ0) is 10.3. The zero-order valence-electron chi connectivity index (χ0n) is 8.76. The van der Waals surface area contributed by atoms with Crippen LogP contribution in [0.4, 0.5) is 0 Å². The quantitative estimate of drug-likeness (QED) is 0.627. The smallest absolute Gasteiger partial charge is 0.180 e. The minimum atomic E-state index is -0.666. The van der Waals surface area contributed by atoms with Crippen molar-refractivity contribution in [2.75, 3.05) is 0 Å². The van der Waals surface area contributed by atoms with Crippen LogP contribution in [-0.4, -0.2) is 11.4 Å². The van der Waals surface area contributed by atoms with Crippen molar-refractivity contribution < 1.29 is 9.53 Å². The third-order valence-electron chi connectivity index (χ3n) is 2.61. The van der Waals surface area contributed by atoms with Crippen LogP contribution >= 0.6 is 0 Å². The van der Waals surface area contributed by atoms with E-state index in [-0.39, 0.29) is 5.78 Å². The Morgan fingerprint density at radius 1 is 1.36 bits per heavy atom. The van der Waals surface area contributed by atoms with Crippen LogP contribution in [0.25, 0.3) is 0 Å². The van der Waals surface area contributed by atoms with Gasteiger partial charge >= 0.3 is 0 Å². The van der Waals surface area contributed by atoms with E-state index < -0.39 is 5.60 Å². The molecule has 0 atom stereocenters. The van der Waals surface area contributed by atoms with Gasteiger partial charge in [0, 0.05) is 12.0 Å². The Hall–Kier alpha value is -1.31. The highest BCUT2D eigenvalue weighted by Gasteiger charge is 2.34. The third-order valence-corrected chi connectivity index (χ3v) is 2.61. The van der Waals surface area contributed by atoms with Crippen LogP contribution in [0.1, 0.15) is 25.0 Å². The number of hydrogen-bond donors (Lipinski definition) is 0. The maximum Gasteiger partial charge on any atom is 0.180 e. The number of benzene rings is 1. The summed E-state index contributed by atoms with van der Waals surface area (Å²) < 4.78 is 5.66. The molecule has 0 aliphatic carbocycles. The fourth-order valence-electron chi connectivity index (χ4n) is 1.62. The summed E-state index contributed by atoms with van der Waals surface area (Å²) in [5, 5.41) is 0. The molecule has 0 spiro atoms. The Balaban J connectivity index is 2.46. The van der Waals surface area contributed by atoms with Gasteiger partial charge in [-0.2, -0.15) is 0 Å². The molecule has 0 saturated heterocycles. The van der Waals surface area contributed by atoms with Crippen molar-refractivity contribution in [3.63, 3.8) is 0 Å². The summed E-state index contributed by atoms with van der Waals surface area (Å²) in [7, 11) is 0. The molecular formula is C12H14O2. The summed E-state index contributed by atoms with van der Waals surface area (Å²) in [6.45, 7) is 5.66. The van der Waals surface area contributed by atoms with E-state index in [4.69, 9.17) is 4.74 Å². The Labute approximate surface area is 83.9 Å². The van der Waals surface area contributed by atoms with E-state index in [1.54, 1.807) is 0 Å². The summed E-state index contributed by atoms with van der Waals surface area (Å²) >= 11 is 0. The van der Waals surface area contributed by atoms with E-state index in [1.165, 1.54) is 0 Å². The molecule has 0 N–H and O–H groups in total. The van der Waals surface area contributed by atoms with Gasteiger partial charge in [-0.3, -0.25) is 4.79 Å². The SMILES string of the molecule is Cc1ccc2c(c1)OC(C)(C)C(=O)C2. The number of hydrogen-bond acceptors (Lipinski definition) is 2. The number of ether oxygens (including phenoxy) is 1. The van der Waals surface area contributed by atoms with E-state index in [0.29, 0.717) is 6.42 Å². The molecule has 2 heteroatoms. The molecule has 14 heavy (non-hydrogen) atoms. The van der Waals surface area contributed by atoms with E-state index in [2.05, 4.69) is 0 Å². The lowest BCUT2D eigenvalue weighted by Gasteiger charge is -2.31. The lowest BCUT2D eigenvalue weighted by molar-refractivity contribution is -0.132. The molecule has 2 rings (SSSR count). The maximum absolute atomic E-state index is 11.6. The van der Waals surface area contributed by atoms with E-state index in [9.17, 15) is 4.79 Å². The Morgan fingerprint density at radius 3 is 2.79 bits per heavy atom. The molecule has 2 nitrogen and oxygen atoms in total. The summed E-state index contributed by atoms with van der Waals surface area (Å²) in [5.41, 5.74) is 1.50. The van der Waals surface area contributed by atoms with Crippen LogP contribution in [0.2, 0.25) is 0 Å². The van der Waals surface area contributed by atoms with Gasteiger partial charge in [0.05, 0.1) is 0 Å². The van der Waals surface area contributed by atoms with Gasteiger partial charge in [-0.05, 0) is 32.4 Å². The lowest BCUT2D eigenvalue weighted by atomic mass is 9.92. The first-order valence-corrected chi connectivity index (χ1v) is 4.81. The first kappa shape index (κ1) is 9.25. The maximum atomic E-state index is 11.6. The monoisotopic (exact) mass is 190 g/mol. The molecule has 0 fully saturated rings. The second-order valence-corrected chi connectivity index (χ2v) is 4.32. The molecule has 0 bridgehead atoms. The first-order valence-electron chi connectivity index (χ1n) is 4.81. The lowest BCUT2D eigenvalue weighted by Crippen LogP contribution is -2.42. The number of ketones is 1. The topological polar surface area (TPSA) is 26.3 Å². The van der Waals surface area contributed by atoms with Gasteiger partial charge in [-0.1, -0.05) is 12.1 Å². The average molecular weight is 190 g/mol. The molecule has 0 radical (unpaired) electrons. The van der Waals surface area contributed by atoms with E-state index >= 15 is 0 Å². The molecule has 0 saturated carbocycles. The highest BCUT2D eigenvalue weighted by atomic mass is 16.5. The van der Waals surface area contributed by atoms with Gasteiger partial charge in [0.2, 0.25) is 0 Å². The molecule has 0 aromatic heterocycles. The van der Waals surface area contributed by atoms with Crippen molar-refractivity contribution in [2.24, 2.45) is 0 Å². The zero-order valence-corrected chi connectivity index (χ0v) is 8.76. The van der Waals surface area contributed by atoms with E-state index in [0.717, 1.165) is 16.9 Å². The first-order chi connectivity index (χ1) is 6.49. The number of carbonyl (C=O) groups excluding carboxylic acids is 1. The van der Waals surface area contributed by atoms with Gasteiger partial charge in [0.15, 0.2) is 11.4 Å². The van der Waals surface area contributed by atoms with Gasteiger partial charge in [0.1, 0.15) is 5.75 Å². The minimum absolute atomic E-state index is 0.147. The predicted molar refractivity (Wildman–Crippen MR) is 54.6 cm³/mol. The third kappa shape index (κ3) is 1.41. The molecule has 0 amide bonds. The summed E-state index contributed by atoms with van der Waals surface area (Å²) in [4.78, 5) is 11.6. The number of aryl methyl sites for hydroxylation is 1. The van der Waals surface area contributed by atoms with Crippen molar-refractivity contribution >= 4 is 5.78 Å². The normalized spacial score (nSPS) is 18.6. The Bertz CT molecular complexity index is 391. The van der Waals surface area contributed by atoms with Gasteiger partial charge in [-0.15, -0.1) is 0 Å². The van der Waals surface area contributed by atoms with E-state index in [1.807, 2.05) is 39.0 Å². The van der Waals surface area contributed by atoms with Crippen LogP contribution in [0, 0.1) is 6.92 Å². The largest absolute Gasteiger partial charge is 0.480 e. The van der Waals surface area contributed by atoms with Crippen molar-refractivity contribution in [3.8, 4) is 5.75 Å². The van der Waals surface area contributed by atoms with Crippen molar-refractivity contribution in [1.29, 1.82) is 0 Å². The number of Topliss-reactive ketones (excluding diaryl/α,β-unsaturated/α-hetero) is 1. The summed E-state index contributed by atoms with van der Waals surface area (Å²) in [6, 6.07) is 5.97. The fourth-order valence-corrected chi connectivity index (χ4v) is 1.62. The summed E-state index contributed by atoms with van der Waals surface area (Å²) in [5.74, 6) is 1.00. The van der Waals surface area contributed by atoms with Gasteiger partial charge in [-0.25, -0.2) is 0 Å². The molecule has 0 unspecified atom stereocenters.